The number of methoxy groups -OCH3 is 1. The first kappa shape index (κ1) is 13.0. The molecule has 0 aromatic heterocycles. The number of anilines is 2. The van der Waals surface area contributed by atoms with Crippen LogP contribution in [0.2, 0.25) is 0 Å². The van der Waals surface area contributed by atoms with Crippen LogP contribution in [0.4, 0.5) is 15.8 Å². The zero-order chi connectivity index (χ0) is 12.3. The van der Waals surface area contributed by atoms with Crippen molar-refractivity contribution in [3.05, 3.63) is 21.5 Å². The molecule has 0 spiro atoms. The van der Waals surface area contributed by atoms with Gasteiger partial charge in [0.05, 0.1) is 22.1 Å². The fourth-order valence-electron chi connectivity index (χ4n) is 1.16. The second-order valence-electron chi connectivity index (χ2n) is 3.24. The molecule has 0 aliphatic heterocycles. The van der Waals surface area contributed by atoms with Crippen molar-refractivity contribution in [1.29, 1.82) is 0 Å². The van der Waals surface area contributed by atoms with Crippen molar-refractivity contribution >= 4 is 39.9 Å². The Balaban J connectivity index is 2.89. The molecule has 1 aromatic rings. The first-order chi connectivity index (χ1) is 7.45. The molecule has 0 radical (unpaired) electrons. The van der Waals surface area contributed by atoms with E-state index in [2.05, 4.69) is 10.1 Å². The lowest BCUT2D eigenvalue weighted by molar-refractivity contribution is -0.141. The van der Waals surface area contributed by atoms with Crippen LogP contribution < -0.4 is 11.1 Å². The second kappa shape index (κ2) is 5.33. The van der Waals surface area contributed by atoms with Gasteiger partial charge in [0.15, 0.2) is 0 Å². The van der Waals surface area contributed by atoms with Crippen LogP contribution in [0.15, 0.2) is 12.1 Å². The molecule has 1 atom stereocenters. The Bertz CT molecular complexity index is 412. The van der Waals surface area contributed by atoms with E-state index in [0.29, 0.717) is 14.9 Å². The number of nitrogens with two attached hydrogens (primary N) is 1. The number of carbonyl (C=O) groups excluding carboxylic acids is 1. The van der Waals surface area contributed by atoms with Crippen LogP contribution in [0.25, 0.3) is 0 Å². The van der Waals surface area contributed by atoms with Gasteiger partial charge in [-0.1, -0.05) is 0 Å². The molecule has 88 valence electrons. The minimum absolute atomic E-state index is 0.380. The number of ether oxygens (including phenoxy) is 1. The van der Waals surface area contributed by atoms with Crippen molar-refractivity contribution in [3.63, 3.8) is 0 Å². The molecule has 6 heteroatoms. The Morgan fingerprint density at radius 3 is 2.81 bits per heavy atom. The molecule has 1 unspecified atom stereocenters. The smallest absolute Gasteiger partial charge is 0.327 e. The number of hydrogen-bond donors (Lipinski definition) is 2. The van der Waals surface area contributed by atoms with Gasteiger partial charge in [-0.25, -0.2) is 9.18 Å². The average molecular weight is 338 g/mol. The Morgan fingerprint density at radius 1 is 1.62 bits per heavy atom. The number of carbonyl (C=O) groups is 1. The van der Waals surface area contributed by atoms with Crippen LogP contribution >= 0.6 is 22.6 Å². The lowest BCUT2D eigenvalue weighted by atomic mass is 10.2. The van der Waals surface area contributed by atoms with Gasteiger partial charge < -0.3 is 15.8 Å². The summed E-state index contributed by atoms with van der Waals surface area (Å²) < 4.78 is 18.3. The summed E-state index contributed by atoms with van der Waals surface area (Å²) in [5.41, 5.74) is 6.47. The van der Waals surface area contributed by atoms with Gasteiger partial charge in [0, 0.05) is 6.07 Å². The van der Waals surface area contributed by atoms with E-state index in [9.17, 15) is 9.18 Å². The fraction of sp³-hybridized carbons (Fsp3) is 0.300. The van der Waals surface area contributed by atoms with Gasteiger partial charge in [-0.3, -0.25) is 0 Å². The van der Waals surface area contributed by atoms with Gasteiger partial charge in [-0.2, -0.15) is 0 Å². The third-order valence-electron chi connectivity index (χ3n) is 2.02. The molecule has 0 aliphatic carbocycles. The van der Waals surface area contributed by atoms with Crippen LogP contribution in [-0.4, -0.2) is 19.1 Å². The zero-order valence-electron chi connectivity index (χ0n) is 8.88. The molecule has 1 rings (SSSR count). The Hall–Kier alpha value is -1.05. The second-order valence-corrected chi connectivity index (χ2v) is 4.40. The van der Waals surface area contributed by atoms with Crippen molar-refractivity contribution in [2.75, 3.05) is 18.2 Å². The highest BCUT2D eigenvalue weighted by Crippen LogP contribution is 2.24. The Kier molecular flexibility index (Phi) is 4.34. The molecule has 0 aliphatic rings. The van der Waals surface area contributed by atoms with E-state index < -0.39 is 12.0 Å². The van der Waals surface area contributed by atoms with Crippen molar-refractivity contribution in [2.45, 2.75) is 13.0 Å². The van der Waals surface area contributed by atoms with Crippen molar-refractivity contribution in [2.24, 2.45) is 0 Å². The molecule has 4 nitrogen and oxygen atoms in total. The first-order valence-electron chi connectivity index (χ1n) is 4.54. The molecule has 0 heterocycles. The van der Waals surface area contributed by atoms with Crippen LogP contribution in [0.3, 0.4) is 0 Å². The van der Waals surface area contributed by atoms with Gasteiger partial charge >= 0.3 is 5.97 Å². The predicted molar refractivity (Wildman–Crippen MR) is 68.6 cm³/mol. The average Bonchev–Trinajstić information content (AvgIpc) is 2.24. The molecular formula is C10H12FIN2O2. The number of nitrogens with one attached hydrogen (secondary N) is 1. The molecule has 1 aromatic carbocycles. The minimum Gasteiger partial charge on any atom is -0.467 e. The summed E-state index contributed by atoms with van der Waals surface area (Å²) in [6.07, 6.45) is 0. The Morgan fingerprint density at radius 2 is 2.25 bits per heavy atom. The number of halogens is 2. The quantitative estimate of drug-likeness (QED) is 0.503. The number of benzene rings is 1. The molecule has 0 bridgehead atoms. The van der Waals surface area contributed by atoms with Gasteiger partial charge in [0.2, 0.25) is 0 Å². The van der Waals surface area contributed by atoms with E-state index in [4.69, 9.17) is 5.73 Å². The summed E-state index contributed by atoms with van der Waals surface area (Å²) >= 11 is 1.85. The largest absolute Gasteiger partial charge is 0.467 e. The zero-order valence-corrected chi connectivity index (χ0v) is 11.0. The summed E-state index contributed by atoms with van der Waals surface area (Å²) in [6, 6.07) is 2.19. The highest BCUT2D eigenvalue weighted by atomic mass is 127. The Labute approximate surface area is 106 Å². The summed E-state index contributed by atoms with van der Waals surface area (Å²) in [4.78, 5) is 11.2. The number of esters is 1. The maximum absolute atomic E-state index is 13.3. The highest BCUT2D eigenvalue weighted by Gasteiger charge is 2.15. The summed E-state index contributed by atoms with van der Waals surface area (Å²) in [5, 5.41) is 2.79. The highest BCUT2D eigenvalue weighted by molar-refractivity contribution is 14.1. The first-order valence-corrected chi connectivity index (χ1v) is 5.62. The molecule has 16 heavy (non-hydrogen) atoms. The van der Waals surface area contributed by atoms with E-state index in [0.717, 1.165) is 0 Å². The lowest BCUT2D eigenvalue weighted by Crippen LogP contribution is -2.27. The third-order valence-corrected chi connectivity index (χ3v) is 2.85. The molecular weight excluding hydrogens is 326 g/mol. The SMILES string of the molecule is COC(=O)C(C)Nc1cc(F)c(I)cc1N. The van der Waals surface area contributed by atoms with E-state index in [1.165, 1.54) is 19.2 Å². The van der Waals surface area contributed by atoms with Gasteiger partial charge in [-0.05, 0) is 35.6 Å². The van der Waals surface area contributed by atoms with Crippen molar-refractivity contribution < 1.29 is 13.9 Å². The summed E-state index contributed by atoms with van der Waals surface area (Å²) in [6.45, 7) is 1.61. The predicted octanol–water partition coefficient (Wildman–Crippen LogP) is 1.99. The van der Waals surface area contributed by atoms with E-state index in [1.54, 1.807) is 6.92 Å². The van der Waals surface area contributed by atoms with Crippen LogP contribution in [0, 0.1) is 9.39 Å². The normalized spacial score (nSPS) is 12.0. The van der Waals surface area contributed by atoms with Gasteiger partial charge in [0.25, 0.3) is 0 Å². The van der Waals surface area contributed by atoms with E-state index in [1.807, 2.05) is 22.6 Å². The number of nitrogen functional groups attached to an aromatic ring is 1. The maximum atomic E-state index is 13.3. The van der Waals surface area contributed by atoms with E-state index in [-0.39, 0.29) is 5.82 Å². The number of hydrogen-bond acceptors (Lipinski definition) is 4. The number of rotatable bonds is 3. The topological polar surface area (TPSA) is 64.3 Å². The van der Waals surface area contributed by atoms with Crippen LogP contribution in [0.5, 0.6) is 0 Å². The maximum Gasteiger partial charge on any atom is 0.327 e. The van der Waals surface area contributed by atoms with E-state index >= 15 is 0 Å². The van der Waals surface area contributed by atoms with Crippen molar-refractivity contribution in [1.82, 2.24) is 0 Å². The van der Waals surface area contributed by atoms with Crippen LogP contribution in [0.1, 0.15) is 6.92 Å². The molecule has 0 saturated heterocycles. The summed E-state index contributed by atoms with van der Waals surface area (Å²) in [5.74, 6) is -0.812. The minimum atomic E-state index is -0.577. The molecule has 0 fully saturated rings. The molecule has 3 N–H and O–H groups in total. The standard InChI is InChI=1S/C10H12FIN2O2/c1-5(10(15)16-2)14-9-3-6(11)7(12)4-8(9)13/h3-5,14H,13H2,1-2H3. The molecule has 0 amide bonds. The molecule has 0 saturated carbocycles. The summed E-state index contributed by atoms with van der Waals surface area (Å²) in [7, 11) is 1.29. The van der Waals surface area contributed by atoms with Crippen LogP contribution in [-0.2, 0) is 9.53 Å². The van der Waals surface area contributed by atoms with Crippen molar-refractivity contribution in [3.8, 4) is 0 Å². The van der Waals surface area contributed by atoms with Gasteiger partial charge in [-0.15, -0.1) is 0 Å². The monoisotopic (exact) mass is 338 g/mol. The third kappa shape index (κ3) is 2.97. The van der Waals surface area contributed by atoms with Gasteiger partial charge in [0.1, 0.15) is 11.9 Å². The lowest BCUT2D eigenvalue weighted by Gasteiger charge is -2.15. The fourth-order valence-corrected chi connectivity index (χ4v) is 1.65.